The zero-order valence-corrected chi connectivity index (χ0v) is 16.8. The molecule has 0 saturated carbocycles. The summed E-state index contributed by atoms with van der Waals surface area (Å²) in [5, 5.41) is 8.61. The minimum Gasteiger partial charge on any atom is -0.480 e. The lowest BCUT2D eigenvalue weighted by Gasteiger charge is -2.06. The number of thioether (sulfide) groups is 1. The van der Waals surface area contributed by atoms with Crippen molar-refractivity contribution in [1.82, 2.24) is 0 Å². The molecule has 0 saturated heterocycles. The Morgan fingerprint density at radius 1 is 1.00 bits per heavy atom. The van der Waals surface area contributed by atoms with Crippen LogP contribution in [0.25, 0.3) is 0 Å². The van der Waals surface area contributed by atoms with Crippen LogP contribution in [0.3, 0.4) is 0 Å². The number of carboxylic acid groups (broad SMARTS) is 1. The standard InChI is InChI=1S/C20H36O4S/c1-3-4-5-6-7-8-9-10-11-12-13-14-15-18(20(22)23)25-17-16-19(21)24-2/h14-15,18H,3-13,16-17H2,1-2H3,(H,22,23). The quantitative estimate of drug-likeness (QED) is 0.204. The molecule has 146 valence electrons. The van der Waals surface area contributed by atoms with Crippen molar-refractivity contribution >= 4 is 23.7 Å². The molecule has 1 atom stereocenters. The van der Waals surface area contributed by atoms with Gasteiger partial charge >= 0.3 is 11.9 Å². The molecule has 0 aromatic rings. The minimum absolute atomic E-state index is 0.247. The summed E-state index contributed by atoms with van der Waals surface area (Å²) >= 11 is 1.27. The predicted octanol–water partition coefficient (Wildman–Crippen LogP) is 5.60. The van der Waals surface area contributed by atoms with Gasteiger partial charge in [0, 0.05) is 5.75 Å². The lowest BCUT2D eigenvalue weighted by atomic mass is 10.1. The van der Waals surface area contributed by atoms with E-state index < -0.39 is 11.2 Å². The van der Waals surface area contributed by atoms with Crippen molar-refractivity contribution in [1.29, 1.82) is 0 Å². The smallest absolute Gasteiger partial charge is 0.320 e. The molecule has 0 amide bonds. The van der Waals surface area contributed by atoms with Gasteiger partial charge in [-0.3, -0.25) is 9.59 Å². The number of hydrogen-bond donors (Lipinski definition) is 1. The lowest BCUT2D eigenvalue weighted by Crippen LogP contribution is -2.15. The fourth-order valence-electron chi connectivity index (χ4n) is 2.55. The van der Waals surface area contributed by atoms with E-state index in [0.29, 0.717) is 5.75 Å². The summed E-state index contributed by atoms with van der Waals surface area (Å²) in [4.78, 5) is 22.2. The fraction of sp³-hybridized carbons (Fsp3) is 0.800. The Morgan fingerprint density at radius 2 is 1.56 bits per heavy atom. The summed E-state index contributed by atoms with van der Waals surface area (Å²) in [6, 6.07) is 0. The van der Waals surface area contributed by atoms with Gasteiger partial charge in [0.05, 0.1) is 13.5 Å². The number of carbonyl (C=O) groups excluding carboxylic acids is 1. The first kappa shape index (κ1) is 24.0. The van der Waals surface area contributed by atoms with E-state index in [0.717, 1.165) is 12.8 Å². The van der Waals surface area contributed by atoms with Crippen LogP contribution in [0.2, 0.25) is 0 Å². The first-order valence-electron chi connectivity index (χ1n) is 9.69. The van der Waals surface area contributed by atoms with Crippen molar-refractivity contribution in [3.63, 3.8) is 0 Å². The van der Waals surface area contributed by atoms with Gasteiger partial charge in [0.1, 0.15) is 5.25 Å². The van der Waals surface area contributed by atoms with Crippen molar-refractivity contribution < 1.29 is 19.4 Å². The number of aliphatic carboxylic acids is 1. The number of rotatable bonds is 17. The Morgan fingerprint density at radius 3 is 2.08 bits per heavy atom. The monoisotopic (exact) mass is 372 g/mol. The number of allylic oxidation sites excluding steroid dienone is 1. The van der Waals surface area contributed by atoms with Crippen LogP contribution in [0, 0.1) is 0 Å². The summed E-state index contributed by atoms with van der Waals surface area (Å²) < 4.78 is 4.55. The number of ether oxygens (including phenoxy) is 1. The second kappa shape index (κ2) is 17.8. The summed E-state index contributed by atoms with van der Waals surface area (Å²) in [5.41, 5.74) is 0. The highest BCUT2D eigenvalue weighted by Crippen LogP contribution is 2.16. The van der Waals surface area contributed by atoms with Crippen molar-refractivity contribution in [3.05, 3.63) is 12.2 Å². The van der Waals surface area contributed by atoms with Gasteiger partial charge in [0.25, 0.3) is 0 Å². The Labute approximate surface area is 157 Å². The molecule has 0 aromatic carbocycles. The van der Waals surface area contributed by atoms with Crippen LogP contribution in [0.1, 0.15) is 84.0 Å². The van der Waals surface area contributed by atoms with E-state index in [2.05, 4.69) is 11.7 Å². The number of hydrogen-bond acceptors (Lipinski definition) is 4. The van der Waals surface area contributed by atoms with Gasteiger partial charge in [-0.15, -0.1) is 11.8 Å². The second-order valence-electron chi connectivity index (χ2n) is 6.35. The number of carbonyl (C=O) groups is 2. The molecule has 1 unspecified atom stereocenters. The van der Waals surface area contributed by atoms with Crippen molar-refractivity contribution in [3.8, 4) is 0 Å². The lowest BCUT2D eigenvalue weighted by molar-refractivity contribution is -0.140. The van der Waals surface area contributed by atoms with Crippen LogP contribution in [-0.4, -0.2) is 35.2 Å². The molecule has 0 aliphatic carbocycles. The van der Waals surface area contributed by atoms with Gasteiger partial charge in [0.2, 0.25) is 0 Å². The first-order chi connectivity index (χ1) is 12.1. The minimum atomic E-state index is -0.853. The topological polar surface area (TPSA) is 63.6 Å². The van der Waals surface area contributed by atoms with E-state index in [9.17, 15) is 14.7 Å². The molecule has 5 heteroatoms. The number of methoxy groups -OCH3 is 1. The third kappa shape index (κ3) is 16.3. The van der Waals surface area contributed by atoms with Crippen molar-refractivity contribution in [2.75, 3.05) is 12.9 Å². The Bertz CT molecular complexity index is 369. The molecule has 4 nitrogen and oxygen atoms in total. The van der Waals surface area contributed by atoms with Crippen LogP contribution in [-0.2, 0) is 14.3 Å². The van der Waals surface area contributed by atoms with E-state index in [1.54, 1.807) is 6.08 Å². The van der Waals surface area contributed by atoms with Crippen LogP contribution in [0.15, 0.2) is 12.2 Å². The highest BCUT2D eigenvalue weighted by Gasteiger charge is 2.14. The van der Waals surface area contributed by atoms with Crippen LogP contribution in [0.5, 0.6) is 0 Å². The van der Waals surface area contributed by atoms with Crippen LogP contribution in [0.4, 0.5) is 0 Å². The highest BCUT2D eigenvalue weighted by atomic mass is 32.2. The first-order valence-corrected chi connectivity index (χ1v) is 10.7. The molecular weight excluding hydrogens is 336 g/mol. The highest BCUT2D eigenvalue weighted by molar-refractivity contribution is 8.00. The molecule has 0 heterocycles. The van der Waals surface area contributed by atoms with E-state index in [4.69, 9.17) is 0 Å². The average molecular weight is 373 g/mol. The SMILES string of the molecule is CCCCCCCCCCCCC=CC(SCCC(=O)OC)C(=O)O. The van der Waals surface area contributed by atoms with E-state index in [1.807, 2.05) is 6.08 Å². The van der Waals surface area contributed by atoms with Gasteiger partial charge in [-0.05, 0) is 12.8 Å². The Balaban J connectivity index is 3.61. The van der Waals surface area contributed by atoms with E-state index in [-0.39, 0.29) is 12.4 Å². The zero-order chi connectivity index (χ0) is 18.8. The number of esters is 1. The molecule has 25 heavy (non-hydrogen) atoms. The zero-order valence-electron chi connectivity index (χ0n) is 16.0. The summed E-state index contributed by atoms with van der Waals surface area (Å²) in [6.07, 6.45) is 17.9. The van der Waals surface area contributed by atoms with Gasteiger partial charge in [-0.1, -0.05) is 76.9 Å². The predicted molar refractivity (Wildman–Crippen MR) is 106 cm³/mol. The molecular formula is C20H36O4S. The van der Waals surface area contributed by atoms with Gasteiger partial charge in [0.15, 0.2) is 0 Å². The van der Waals surface area contributed by atoms with E-state index >= 15 is 0 Å². The molecule has 0 aromatic heterocycles. The summed E-state index contributed by atoms with van der Waals surface area (Å²) in [6.45, 7) is 2.24. The largest absolute Gasteiger partial charge is 0.480 e. The number of carboxylic acids is 1. The normalized spacial score (nSPS) is 12.4. The maximum atomic E-state index is 11.2. The maximum Gasteiger partial charge on any atom is 0.320 e. The molecule has 0 radical (unpaired) electrons. The number of unbranched alkanes of at least 4 members (excludes halogenated alkanes) is 10. The Kier molecular flexibility index (Phi) is 17.1. The van der Waals surface area contributed by atoms with Gasteiger partial charge < -0.3 is 9.84 Å². The average Bonchev–Trinajstić information content (AvgIpc) is 2.60. The third-order valence-electron chi connectivity index (χ3n) is 4.11. The molecule has 0 aliphatic heterocycles. The van der Waals surface area contributed by atoms with Crippen LogP contribution >= 0.6 is 11.8 Å². The summed E-state index contributed by atoms with van der Waals surface area (Å²) in [5.74, 6) is -0.688. The maximum absolute atomic E-state index is 11.2. The molecule has 1 N–H and O–H groups in total. The molecule has 0 fully saturated rings. The van der Waals surface area contributed by atoms with Gasteiger partial charge in [-0.25, -0.2) is 0 Å². The van der Waals surface area contributed by atoms with E-state index in [1.165, 1.54) is 76.7 Å². The van der Waals surface area contributed by atoms with Crippen molar-refractivity contribution in [2.45, 2.75) is 89.2 Å². The van der Waals surface area contributed by atoms with Gasteiger partial charge in [-0.2, -0.15) is 0 Å². The molecule has 0 aliphatic rings. The fourth-order valence-corrected chi connectivity index (χ4v) is 3.45. The Hall–Kier alpha value is -0.970. The van der Waals surface area contributed by atoms with Crippen LogP contribution < -0.4 is 0 Å². The molecule has 0 bridgehead atoms. The molecule has 0 rings (SSSR count). The third-order valence-corrected chi connectivity index (χ3v) is 5.27. The second-order valence-corrected chi connectivity index (χ2v) is 7.60. The van der Waals surface area contributed by atoms with Crippen molar-refractivity contribution in [2.24, 2.45) is 0 Å². The summed E-state index contributed by atoms with van der Waals surface area (Å²) in [7, 11) is 1.34. The molecule has 0 spiro atoms.